The van der Waals surface area contributed by atoms with Crippen molar-refractivity contribution in [2.45, 2.75) is 19.0 Å². The van der Waals surface area contributed by atoms with E-state index in [1.807, 2.05) is 30.3 Å². The number of benzene rings is 1. The van der Waals surface area contributed by atoms with E-state index >= 15 is 0 Å². The number of para-hydroxylation sites is 1. The monoisotopic (exact) mass is 341 g/mol. The van der Waals surface area contributed by atoms with Gasteiger partial charge < -0.3 is 16.0 Å². The minimum atomic E-state index is -0.664. The van der Waals surface area contributed by atoms with E-state index in [4.69, 9.17) is 11.1 Å². The highest BCUT2D eigenvalue weighted by molar-refractivity contribution is 6.13. The zero-order valence-corrected chi connectivity index (χ0v) is 14.2. The first-order valence-electron chi connectivity index (χ1n) is 8.63. The first-order chi connectivity index (χ1) is 12.1. The summed E-state index contributed by atoms with van der Waals surface area (Å²) in [6.07, 6.45) is 2.62. The predicted molar refractivity (Wildman–Crippen MR) is 100 cm³/mol. The molecule has 1 fully saturated rings. The Bertz CT molecular complexity index is 733. The average molecular weight is 341 g/mol. The van der Waals surface area contributed by atoms with Crippen molar-refractivity contribution in [2.24, 2.45) is 0 Å². The molecule has 3 rings (SSSR count). The van der Waals surface area contributed by atoms with Gasteiger partial charge in [0.2, 0.25) is 0 Å². The summed E-state index contributed by atoms with van der Waals surface area (Å²) < 4.78 is 13.1. The van der Waals surface area contributed by atoms with E-state index in [2.05, 4.69) is 15.2 Å². The predicted octanol–water partition coefficient (Wildman–Crippen LogP) is 2.93. The maximum atomic E-state index is 13.1. The summed E-state index contributed by atoms with van der Waals surface area (Å²) in [5, 5.41) is 11.7. The number of hydrogen-bond donors (Lipinski definition) is 3. The number of anilines is 2. The molecule has 1 aliphatic rings. The van der Waals surface area contributed by atoms with Gasteiger partial charge in [-0.25, -0.2) is 9.37 Å². The molecule has 1 unspecified atom stereocenters. The number of likely N-dealkylation sites (tertiary alicyclic amines) is 1. The minimum Gasteiger partial charge on any atom is -0.398 e. The molecule has 1 aromatic carbocycles. The van der Waals surface area contributed by atoms with Crippen LogP contribution in [0.5, 0.6) is 0 Å². The van der Waals surface area contributed by atoms with Gasteiger partial charge in [0.25, 0.3) is 0 Å². The molecular weight excluding hydrogens is 317 g/mol. The van der Waals surface area contributed by atoms with Gasteiger partial charge in [-0.1, -0.05) is 18.2 Å². The van der Waals surface area contributed by atoms with Crippen LogP contribution in [0.1, 0.15) is 24.0 Å². The highest BCUT2D eigenvalue weighted by Crippen LogP contribution is 2.18. The maximum Gasteiger partial charge on any atom is 0.126 e. The number of pyridine rings is 1. The van der Waals surface area contributed by atoms with Crippen LogP contribution in [0.3, 0.4) is 0 Å². The Morgan fingerprint density at radius 2 is 2.20 bits per heavy atom. The maximum absolute atomic E-state index is 13.1. The Morgan fingerprint density at radius 1 is 1.36 bits per heavy atom. The van der Waals surface area contributed by atoms with Crippen LogP contribution >= 0.6 is 0 Å². The van der Waals surface area contributed by atoms with Crippen molar-refractivity contribution in [3.05, 3.63) is 53.7 Å². The smallest absolute Gasteiger partial charge is 0.126 e. The Kier molecular flexibility index (Phi) is 5.60. The lowest BCUT2D eigenvalue weighted by atomic mass is 10.0. The van der Waals surface area contributed by atoms with Gasteiger partial charge in [0.1, 0.15) is 12.0 Å². The van der Waals surface area contributed by atoms with Crippen LogP contribution in [-0.4, -0.2) is 47.9 Å². The molecule has 1 saturated heterocycles. The van der Waals surface area contributed by atoms with Crippen LogP contribution in [0, 0.1) is 5.41 Å². The van der Waals surface area contributed by atoms with Crippen LogP contribution in [0.2, 0.25) is 0 Å². The lowest BCUT2D eigenvalue weighted by molar-refractivity contribution is 0.287. The molecule has 132 valence electrons. The summed E-state index contributed by atoms with van der Waals surface area (Å²) in [4.78, 5) is 6.46. The van der Waals surface area contributed by atoms with Crippen LogP contribution in [0.4, 0.5) is 15.9 Å². The number of hydrogen-bond acceptors (Lipinski definition) is 5. The van der Waals surface area contributed by atoms with Crippen molar-refractivity contribution in [3.8, 4) is 0 Å². The number of nitrogens with zero attached hydrogens (tertiary/aromatic N) is 2. The number of rotatable bonds is 7. The van der Waals surface area contributed by atoms with Crippen molar-refractivity contribution >= 4 is 17.2 Å². The molecule has 1 aliphatic heterocycles. The van der Waals surface area contributed by atoms with Crippen molar-refractivity contribution in [1.82, 2.24) is 9.88 Å². The van der Waals surface area contributed by atoms with Gasteiger partial charge in [-0.15, -0.1) is 0 Å². The number of nitrogens with one attached hydrogen (secondary N) is 2. The van der Waals surface area contributed by atoms with Gasteiger partial charge >= 0.3 is 0 Å². The summed E-state index contributed by atoms with van der Waals surface area (Å²) in [5.41, 5.74) is 8.43. The quantitative estimate of drug-likeness (QED) is 0.411. The summed E-state index contributed by atoms with van der Waals surface area (Å²) in [6, 6.07) is 11.1. The van der Waals surface area contributed by atoms with Gasteiger partial charge in [-0.05, 0) is 37.6 Å². The molecule has 0 spiro atoms. The molecule has 0 saturated carbocycles. The fourth-order valence-corrected chi connectivity index (χ4v) is 3.07. The van der Waals surface area contributed by atoms with E-state index in [1.165, 1.54) is 0 Å². The highest BCUT2D eigenvalue weighted by Gasteiger charge is 2.20. The second-order valence-electron chi connectivity index (χ2n) is 6.36. The van der Waals surface area contributed by atoms with Crippen LogP contribution in [0.25, 0.3) is 0 Å². The van der Waals surface area contributed by atoms with E-state index in [0.717, 1.165) is 43.0 Å². The number of nitrogens with two attached hydrogens (primary N) is 1. The summed E-state index contributed by atoms with van der Waals surface area (Å²) in [6.45, 7) is 3.07. The normalized spacial score (nSPS) is 17.6. The third-order valence-electron chi connectivity index (χ3n) is 4.45. The Labute approximate surface area is 147 Å². The Balaban J connectivity index is 1.54. The van der Waals surface area contributed by atoms with E-state index < -0.39 is 6.17 Å². The van der Waals surface area contributed by atoms with Gasteiger partial charge in [-0.2, -0.15) is 0 Å². The van der Waals surface area contributed by atoms with Crippen LogP contribution < -0.4 is 11.1 Å². The molecule has 6 heteroatoms. The summed E-state index contributed by atoms with van der Waals surface area (Å²) >= 11 is 0. The molecule has 4 N–H and O–H groups in total. The second kappa shape index (κ2) is 8.07. The van der Waals surface area contributed by atoms with E-state index in [9.17, 15) is 4.39 Å². The number of alkyl halides is 1. The van der Waals surface area contributed by atoms with Crippen molar-refractivity contribution < 1.29 is 4.39 Å². The standard InChI is InChI=1S/C19H24FN5/c20-15-7-11-25(13-15)10-3-8-23-18-12-14(6-9-24-18)19(22)16-4-1-2-5-17(16)21/h1-2,4-6,9,12,15,22H,3,7-8,10-11,13,21H2,(H,23,24). The zero-order chi connectivity index (χ0) is 17.6. The van der Waals surface area contributed by atoms with Crippen LogP contribution in [0.15, 0.2) is 42.6 Å². The first kappa shape index (κ1) is 17.4. The molecule has 5 nitrogen and oxygen atoms in total. The number of aromatic nitrogens is 1. The van der Waals surface area contributed by atoms with Gasteiger partial charge in [0.15, 0.2) is 0 Å². The lowest BCUT2D eigenvalue weighted by Crippen LogP contribution is -2.24. The minimum absolute atomic E-state index is 0.384. The SMILES string of the molecule is N=C(c1ccnc(NCCCN2CCC(F)C2)c1)c1ccccc1N. The largest absolute Gasteiger partial charge is 0.398 e. The summed E-state index contributed by atoms with van der Waals surface area (Å²) in [7, 11) is 0. The molecule has 0 aliphatic carbocycles. The summed E-state index contributed by atoms with van der Waals surface area (Å²) in [5.74, 6) is 0.738. The molecule has 1 atom stereocenters. The van der Waals surface area contributed by atoms with Crippen molar-refractivity contribution in [1.29, 1.82) is 5.41 Å². The molecular formula is C19H24FN5. The van der Waals surface area contributed by atoms with Gasteiger partial charge in [0.05, 0.1) is 5.71 Å². The third kappa shape index (κ3) is 4.54. The molecule has 25 heavy (non-hydrogen) atoms. The molecule has 1 aromatic heterocycles. The van der Waals surface area contributed by atoms with Gasteiger partial charge in [0, 0.05) is 42.6 Å². The molecule has 0 bridgehead atoms. The molecule has 0 radical (unpaired) electrons. The Hall–Kier alpha value is -2.47. The number of nitrogen functional groups attached to an aromatic ring is 1. The lowest BCUT2D eigenvalue weighted by Gasteiger charge is -2.15. The molecule has 0 amide bonds. The van der Waals surface area contributed by atoms with E-state index in [-0.39, 0.29) is 0 Å². The topological polar surface area (TPSA) is 78.0 Å². The Morgan fingerprint density at radius 3 is 2.96 bits per heavy atom. The van der Waals surface area contributed by atoms with Crippen molar-refractivity contribution in [3.63, 3.8) is 0 Å². The zero-order valence-electron chi connectivity index (χ0n) is 14.2. The molecule has 2 heterocycles. The fraction of sp³-hybridized carbons (Fsp3) is 0.368. The molecule has 2 aromatic rings. The van der Waals surface area contributed by atoms with E-state index in [1.54, 1.807) is 12.3 Å². The third-order valence-corrected chi connectivity index (χ3v) is 4.45. The van der Waals surface area contributed by atoms with Crippen LogP contribution in [-0.2, 0) is 0 Å². The van der Waals surface area contributed by atoms with Crippen molar-refractivity contribution in [2.75, 3.05) is 37.2 Å². The average Bonchev–Trinajstić information content (AvgIpc) is 3.04. The first-order valence-corrected chi connectivity index (χ1v) is 8.63. The fourth-order valence-electron chi connectivity index (χ4n) is 3.07. The van der Waals surface area contributed by atoms with Gasteiger partial charge in [-0.3, -0.25) is 5.41 Å². The number of halogens is 1. The van der Waals surface area contributed by atoms with E-state index in [0.29, 0.717) is 24.4 Å². The highest BCUT2D eigenvalue weighted by atomic mass is 19.1. The second-order valence-corrected chi connectivity index (χ2v) is 6.36.